The van der Waals surface area contributed by atoms with Crippen LogP contribution in [0.4, 0.5) is 5.69 Å². The molecule has 0 saturated heterocycles. The number of amides is 1. The molecule has 0 bridgehead atoms. The molecule has 2 aliphatic carbocycles. The van der Waals surface area contributed by atoms with E-state index >= 15 is 0 Å². The third-order valence-corrected chi connectivity index (χ3v) is 7.36. The summed E-state index contributed by atoms with van der Waals surface area (Å²) in [6.07, 6.45) is 5.24. The predicted molar refractivity (Wildman–Crippen MR) is 110 cm³/mol. The van der Waals surface area contributed by atoms with Crippen molar-refractivity contribution in [3.05, 3.63) is 59.1 Å². The van der Waals surface area contributed by atoms with E-state index in [9.17, 15) is 13.2 Å². The Kier molecular flexibility index (Phi) is 5.21. The monoisotopic (exact) mass is 418 g/mol. The van der Waals surface area contributed by atoms with Gasteiger partial charge in [0.05, 0.1) is 10.3 Å². The highest BCUT2D eigenvalue weighted by Gasteiger charge is 2.42. The summed E-state index contributed by atoms with van der Waals surface area (Å²) in [4.78, 5) is 13.4. The number of hydrogen-bond donors (Lipinski definition) is 2. The number of anilines is 1. The molecule has 1 amide bonds. The van der Waals surface area contributed by atoms with Crippen LogP contribution in [0.1, 0.15) is 44.1 Å². The Morgan fingerprint density at radius 2 is 1.71 bits per heavy atom. The number of hydrogen-bond acceptors (Lipinski definition) is 3. The molecule has 0 spiro atoms. The Morgan fingerprint density at radius 1 is 1.04 bits per heavy atom. The molecular weight excluding hydrogens is 396 g/mol. The number of carbonyl (C=O) groups is 1. The molecule has 2 fully saturated rings. The summed E-state index contributed by atoms with van der Waals surface area (Å²) in [7, 11) is -3.56. The number of nitrogens with one attached hydrogen (secondary N) is 2. The summed E-state index contributed by atoms with van der Waals surface area (Å²) in [5.74, 6) is -0.1000. The molecule has 2 aliphatic rings. The first-order valence-electron chi connectivity index (χ1n) is 9.59. The van der Waals surface area contributed by atoms with E-state index in [0.29, 0.717) is 10.7 Å². The molecule has 0 aliphatic heterocycles. The normalized spacial score (nSPS) is 18.8. The van der Waals surface area contributed by atoms with Crippen molar-refractivity contribution in [3.8, 4) is 0 Å². The summed E-state index contributed by atoms with van der Waals surface area (Å²) in [5, 5.41) is 3.59. The lowest BCUT2D eigenvalue weighted by Crippen LogP contribution is -2.38. The van der Waals surface area contributed by atoms with Gasteiger partial charge in [-0.25, -0.2) is 13.1 Å². The second-order valence-electron chi connectivity index (χ2n) is 7.67. The van der Waals surface area contributed by atoms with Crippen molar-refractivity contribution in [1.82, 2.24) is 4.72 Å². The zero-order valence-electron chi connectivity index (χ0n) is 15.4. The van der Waals surface area contributed by atoms with Crippen LogP contribution in [0, 0.1) is 0 Å². The molecule has 0 radical (unpaired) electrons. The lowest BCUT2D eigenvalue weighted by atomic mass is 9.78. The molecule has 2 aromatic rings. The molecule has 4 rings (SSSR count). The van der Waals surface area contributed by atoms with Crippen LogP contribution in [0.3, 0.4) is 0 Å². The van der Waals surface area contributed by atoms with Gasteiger partial charge in [-0.2, -0.15) is 0 Å². The fraction of sp³-hybridized carbons (Fsp3) is 0.381. The Balaban J connectivity index is 1.58. The minimum atomic E-state index is -3.56. The lowest BCUT2D eigenvalue weighted by Gasteiger charge is -2.28. The van der Waals surface area contributed by atoms with E-state index in [1.165, 1.54) is 6.07 Å². The van der Waals surface area contributed by atoms with Gasteiger partial charge in [0.15, 0.2) is 0 Å². The molecule has 2 saturated carbocycles. The minimum absolute atomic E-state index is 0.0370. The van der Waals surface area contributed by atoms with Gasteiger partial charge in [0.25, 0.3) is 0 Å². The van der Waals surface area contributed by atoms with Crippen molar-refractivity contribution in [2.45, 2.75) is 54.9 Å². The van der Waals surface area contributed by atoms with E-state index in [1.807, 2.05) is 12.1 Å². The van der Waals surface area contributed by atoms with E-state index in [-0.39, 0.29) is 16.8 Å². The fourth-order valence-corrected chi connectivity index (χ4v) is 5.35. The second-order valence-corrected chi connectivity index (χ2v) is 9.82. The van der Waals surface area contributed by atoms with Crippen molar-refractivity contribution in [2.75, 3.05) is 5.32 Å². The maximum atomic E-state index is 13.3. The number of benzene rings is 2. The average Bonchev–Trinajstić information content (AvgIpc) is 3.32. The quantitative estimate of drug-likeness (QED) is 0.737. The topological polar surface area (TPSA) is 75.3 Å². The molecule has 0 heterocycles. The largest absolute Gasteiger partial charge is 0.325 e. The van der Waals surface area contributed by atoms with Crippen LogP contribution < -0.4 is 10.0 Å². The van der Waals surface area contributed by atoms with Gasteiger partial charge in [-0.1, -0.05) is 42.6 Å². The van der Waals surface area contributed by atoms with Crippen LogP contribution in [0.2, 0.25) is 5.02 Å². The molecule has 148 valence electrons. The van der Waals surface area contributed by atoms with Crippen molar-refractivity contribution in [2.24, 2.45) is 0 Å². The van der Waals surface area contributed by atoms with E-state index < -0.39 is 15.4 Å². The zero-order chi connectivity index (χ0) is 19.8. The fourth-order valence-electron chi connectivity index (χ4n) is 3.87. The van der Waals surface area contributed by atoms with Crippen LogP contribution in [0.5, 0.6) is 0 Å². The Labute approximate surface area is 170 Å². The van der Waals surface area contributed by atoms with Crippen molar-refractivity contribution in [1.29, 1.82) is 0 Å². The summed E-state index contributed by atoms with van der Waals surface area (Å²) in [6, 6.07) is 13.9. The molecular formula is C21H23ClN2O3S. The van der Waals surface area contributed by atoms with Crippen molar-refractivity contribution >= 4 is 33.2 Å². The molecule has 0 unspecified atom stereocenters. The van der Waals surface area contributed by atoms with Crippen LogP contribution in [0.25, 0.3) is 0 Å². The van der Waals surface area contributed by atoms with Gasteiger partial charge in [-0.05, 0) is 61.6 Å². The van der Waals surface area contributed by atoms with Gasteiger partial charge in [0.2, 0.25) is 15.9 Å². The van der Waals surface area contributed by atoms with Gasteiger partial charge >= 0.3 is 0 Å². The number of halogens is 1. The van der Waals surface area contributed by atoms with Gasteiger partial charge in [-0.3, -0.25) is 4.79 Å². The summed E-state index contributed by atoms with van der Waals surface area (Å²) >= 11 is 6.01. The van der Waals surface area contributed by atoms with Crippen LogP contribution in [-0.2, 0) is 20.2 Å². The smallest absolute Gasteiger partial charge is 0.240 e. The predicted octanol–water partition coefficient (Wildman–Crippen LogP) is 4.23. The summed E-state index contributed by atoms with van der Waals surface area (Å²) in [5.41, 5.74) is 0.834. The number of sulfonamides is 1. The highest BCUT2D eigenvalue weighted by atomic mass is 35.5. The van der Waals surface area contributed by atoms with Gasteiger partial charge in [-0.15, -0.1) is 0 Å². The third-order valence-electron chi connectivity index (χ3n) is 5.59. The molecule has 2 aromatic carbocycles. The highest BCUT2D eigenvalue weighted by Crippen LogP contribution is 2.42. The maximum Gasteiger partial charge on any atom is 0.240 e. The summed E-state index contributed by atoms with van der Waals surface area (Å²) in [6.45, 7) is 0. The summed E-state index contributed by atoms with van der Waals surface area (Å²) < 4.78 is 27.6. The Morgan fingerprint density at radius 3 is 2.36 bits per heavy atom. The lowest BCUT2D eigenvalue weighted by molar-refractivity contribution is -0.121. The van der Waals surface area contributed by atoms with E-state index in [4.69, 9.17) is 11.6 Å². The molecule has 0 atom stereocenters. The first-order valence-corrected chi connectivity index (χ1v) is 11.5. The van der Waals surface area contributed by atoms with Crippen molar-refractivity contribution < 1.29 is 13.2 Å². The van der Waals surface area contributed by atoms with Crippen LogP contribution in [-0.4, -0.2) is 20.4 Å². The second kappa shape index (κ2) is 7.50. The van der Waals surface area contributed by atoms with E-state index in [1.54, 1.807) is 30.3 Å². The molecule has 28 heavy (non-hydrogen) atoms. The van der Waals surface area contributed by atoms with Gasteiger partial charge < -0.3 is 5.32 Å². The highest BCUT2D eigenvalue weighted by molar-refractivity contribution is 7.89. The number of carbonyl (C=O) groups excluding carboxylic acids is 1. The van der Waals surface area contributed by atoms with Crippen molar-refractivity contribution in [3.63, 3.8) is 0 Å². The van der Waals surface area contributed by atoms with Crippen LogP contribution >= 0.6 is 11.6 Å². The molecule has 5 nitrogen and oxygen atoms in total. The Hall–Kier alpha value is -1.89. The molecule has 0 aromatic heterocycles. The molecule has 2 N–H and O–H groups in total. The first kappa shape index (κ1) is 19.4. The van der Waals surface area contributed by atoms with E-state index in [0.717, 1.165) is 44.1 Å². The van der Waals surface area contributed by atoms with Crippen LogP contribution in [0.15, 0.2) is 53.4 Å². The van der Waals surface area contributed by atoms with Gasteiger partial charge in [0, 0.05) is 16.8 Å². The zero-order valence-corrected chi connectivity index (χ0v) is 17.0. The Bertz CT molecular complexity index is 979. The average molecular weight is 419 g/mol. The standard InChI is InChI=1S/C21H23ClN2O3S/c22-16-8-6-15(7-9-16)21(12-1-2-13-21)20(25)23-18-4-3-5-19(14-18)28(26,27)24-17-10-11-17/h3-9,14,17,24H,1-2,10-13H2,(H,23,25). The van der Waals surface area contributed by atoms with E-state index in [2.05, 4.69) is 10.0 Å². The molecule has 7 heteroatoms. The SMILES string of the molecule is O=C(Nc1cccc(S(=O)(=O)NC2CC2)c1)C1(c2ccc(Cl)cc2)CCCC1. The maximum absolute atomic E-state index is 13.3. The third kappa shape index (κ3) is 3.95. The van der Waals surface area contributed by atoms with Gasteiger partial charge in [0.1, 0.15) is 0 Å². The minimum Gasteiger partial charge on any atom is -0.325 e. The number of rotatable bonds is 6. The first-order chi connectivity index (χ1) is 13.4.